The number of nitrogens with zero attached hydrogens (tertiary/aromatic N) is 6. The van der Waals surface area contributed by atoms with Crippen molar-refractivity contribution < 1.29 is 22.4 Å². The van der Waals surface area contributed by atoms with Crippen molar-refractivity contribution in [1.29, 1.82) is 5.26 Å². The predicted molar refractivity (Wildman–Crippen MR) is 168 cm³/mol. The summed E-state index contributed by atoms with van der Waals surface area (Å²) in [6, 6.07) is 5.42. The monoisotopic (exact) mass is 637 g/mol. The molecule has 44 heavy (non-hydrogen) atoms. The van der Waals surface area contributed by atoms with Gasteiger partial charge in [-0.15, -0.1) is 11.3 Å². The summed E-state index contributed by atoms with van der Waals surface area (Å²) in [4.78, 5) is 24.1. The average molecular weight is 638 g/mol. The number of nitrogens with one attached hydrogen (secondary N) is 1. The number of imidazole rings is 1. The van der Waals surface area contributed by atoms with Crippen LogP contribution >= 0.6 is 11.3 Å². The van der Waals surface area contributed by atoms with Crippen molar-refractivity contribution in [2.45, 2.75) is 57.8 Å². The number of hydrogen-bond donors (Lipinski definition) is 1. The third-order valence-electron chi connectivity index (χ3n) is 7.02. The highest BCUT2D eigenvalue weighted by molar-refractivity contribution is 7.91. The van der Waals surface area contributed by atoms with Crippen LogP contribution in [0.3, 0.4) is 0 Å². The van der Waals surface area contributed by atoms with Crippen LogP contribution in [0.4, 0.5) is 15.6 Å². The molecule has 232 valence electrons. The number of hydrogen-bond acceptors (Lipinski definition) is 10. The van der Waals surface area contributed by atoms with Gasteiger partial charge in [0.05, 0.1) is 29.1 Å². The minimum Gasteiger partial charge on any atom is -0.453 e. The number of thiophene rings is 1. The normalized spacial score (nSPS) is 14.1. The van der Waals surface area contributed by atoms with Crippen molar-refractivity contribution in [2.24, 2.45) is 0 Å². The molecule has 1 aliphatic heterocycles. The highest BCUT2D eigenvalue weighted by atomic mass is 32.2. The Bertz CT molecular complexity index is 1890. The number of anilines is 2. The van der Waals surface area contributed by atoms with Crippen LogP contribution in [0.25, 0.3) is 22.5 Å². The van der Waals surface area contributed by atoms with Crippen LogP contribution in [0.5, 0.6) is 0 Å². The summed E-state index contributed by atoms with van der Waals surface area (Å²) in [6.45, 7) is 12.5. The second-order valence-corrected chi connectivity index (χ2v) is 14.5. The molecule has 0 atom stereocenters. The van der Waals surface area contributed by atoms with Crippen molar-refractivity contribution in [1.82, 2.24) is 23.6 Å². The number of fused-ring (bicyclic) bond motifs is 1. The number of nitriles is 1. The average Bonchev–Trinajstić information content (AvgIpc) is 3.71. The zero-order valence-electron chi connectivity index (χ0n) is 25.5. The molecule has 14 heteroatoms. The molecule has 0 aromatic carbocycles. The van der Waals surface area contributed by atoms with E-state index in [-0.39, 0.29) is 9.97 Å². The van der Waals surface area contributed by atoms with Gasteiger partial charge in [-0.2, -0.15) is 9.57 Å². The molecule has 0 aliphatic carbocycles. The first kappa shape index (κ1) is 31.2. The number of carbonyl (C=O) groups is 1. The number of amides is 1. The Balaban J connectivity index is 1.58. The van der Waals surface area contributed by atoms with Crippen LogP contribution < -0.4 is 5.32 Å². The zero-order chi connectivity index (χ0) is 31.8. The molecule has 0 saturated heterocycles. The molecule has 4 aromatic heterocycles. The summed E-state index contributed by atoms with van der Waals surface area (Å²) < 4.78 is 41.1. The molecule has 1 aliphatic rings. The van der Waals surface area contributed by atoms with E-state index >= 15 is 0 Å². The van der Waals surface area contributed by atoms with Crippen molar-refractivity contribution in [3.05, 3.63) is 53.9 Å². The largest absolute Gasteiger partial charge is 0.453 e. The van der Waals surface area contributed by atoms with E-state index in [1.54, 1.807) is 30.2 Å². The number of sulfonamides is 1. The van der Waals surface area contributed by atoms with Gasteiger partial charge >= 0.3 is 6.09 Å². The molecule has 0 saturated carbocycles. The van der Waals surface area contributed by atoms with Gasteiger partial charge in [0.2, 0.25) is 5.76 Å². The van der Waals surface area contributed by atoms with Crippen LogP contribution in [-0.2, 0) is 14.8 Å². The fourth-order valence-electron chi connectivity index (χ4n) is 4.96. The maximum Gasteiger partial charge on any atom is 0.410 e. The van der Waals surface area contributed by atoms with Crippen molar-refractivity contribution in [2.75, 3.05) is 31.5 Å². The Morgan fingerprint density at radius 2 is 2.02 bits per heavy atom. The third kappa shape index (κ3) is 6.21. The Hall–Kier alpha value is -4.19. The van der Waals surface area contributed by atoms with E-state index in [4.69, 9.17) is 14.1 Å². The number of carbonyl (C=O) groups excluding carboxylic acids is 1. The molecule has 4 aromatic rings. The fraction of sp³-hybridized carbons (Fsp3) is 0.400. The summed E-state index contributed by atoms with van der Waals surface area (Å²) in [5.41, 5.74) is 3.25. The maximum absolute atomic E-state index is 13.3. The highest BCUT2D eigenvalue weighted by Crippen LogP contribution is 2.36. The molecule has 0 bridgehead atoms. The standard InChI is InChI=1S/C30H35N7O5S2/c1-7-36(8-2)44(39,40)28-19(3)12-25(43-28)34-26-27-32-15-24(21-13-22(14-31)41-18-21)37(27)17-23(33-26)20-10-9-11-35(16-20)29(38)42-30(4,5)6/h10,12-13,15,17-18H,7-9,11,16H2,1-6H3,(H,33,34). The van der Waals surface area contributed by atoms with Gasteiger partial charge in [-0.3, -0.25) is 4.40 Å². The van der Waals surface area contributed by atoms with Crippen LogP contribution in [0.15, 0.2) is 45.5 Å². The second kappa shape index (κ2) is 12.1. The number of ether oxygens (including phenoxy) is 1. The molecule has 0 unspecified atom stereocenters. The summed E-state index contributed by atoms with van der Waals surface area (Å²) in [5.74, 6) is 0.572. The maximum atomic E-state index is 13.3. The van der Waals surface area contributed by atoms with Gasteiger partial charge < -0.3 is 19.4 Å². The van der Waals surface area contributed by atoms with Crippen LogP contribution in [0.1, 0.15) is 58.1 Å². The SMILES string of the molecule is CCN(CC)S(=O)(=O)c1sc(Nc2nc(C3=CCCN(C(=O)OC(C)(C)C)C3)cn3c(-c4coc(C#N)c4)cnc23)cc1C. The quantitative estimate of drug-likeness (QED) is 0.245. The molecule has 0 spiro atoms. The highest BCUT2D eigenvalue weighted by Gasteiger charge is 2.28. The van der Waals surface area contributed by atoms with Gasteiger partial charge in [0.25, 0.3) is 10.0 Å². The Labute approximate surface area is 260 Å². The predicted octanol–water partition coefficient (Wildman–Crippen LogP) is 6.03. The molecule has 12 nitrogen and oxygen atoms in total. The number of furan rings is 1. The van der Waals surface area contributed by atoms with E-state index < -0.39 is 21.7 Å². The van der Waals surface area contributed by atoms with Gasteiger partial charge in [-0.05, 0) is 51.3 Å². The van der Waals surface area contributed by atoms with Gasteiger partial charge in [0, 0.05) is 37.5 Å². The Kier molecular flexibility index (Phi) is 8.57. The van der Waals surface area contributed by atoms with Crippen LogP contribution in [0, 0.1) is 18.3 Å². The van der Waals surface area contributed by atoms with Crippen molar-refractivity contribution in [3.8, 4) is 17.3 Å². The van der Waals surface area contributed by atoms with E-state index in [0.717, 1.165) is 16.9 Å². The van der Waals surface area contributed by atoms with Gasteiger partial charge in [0.15, 0.2) is 11.5 Å². The van der Waals surface area contributed by atoms with Gasteiger partial charge in [0.1, 0.15) is 22.1 Å². The third-order valence-corrected chi connectivity index (χ3v) is 10.8. The molecular formula is C30H35N7O5S2. The fourth-order valence-corrected chi connectivity index (χ4v) is 8.15. The molecule has 5 heterocycles. The summed E-state index contributed by atoms with van der Waals surface area (Å²) in [6.07, 6.45) is 7.26. The zero-order valence-corrected chi connectivity index (χ0v) is 27.2. The molecule has 1 N–H and O–H groups in total. The summed E-state index contributed by atoms with van der Waals surface area (Å²) in [5, 5.41) is 13.2. The van der Waals surface area contributed by atoms with E-state index in [2.05, 4.69) is 10.3 Å². The van der Waals surface area contributed by atoms with Crippen LogP contribution in [-0.4, -0.2) is 69.9 Å². The summed E-state index contributed by atoms with van der Waals surface area (Å²) >= 11 is 1.14. The molecule has 1 amide bonds. The minimum absolute atomic E-state index is 0.168. The topological polar surface area (TPSA) is 146 Å². The second-order valence-electron chi connectivity index (χ2n) is 11.3. The van der Waals surface area contributed by atoms with Crippen molar-refractivity contribution in [3.63, 3.8) is 0 Å². The van der Waals surface area contributed by atoms with Gasteiger partial charge in [-0.1, -0.05) is 19.9 Å². The van der Waals surface area contributed by atoms with E-state index in [1.165, 1.54) is 10.6 Å². The Morgan fingerprint density at radius 1 is 1.27 bits per heavy atom. The first-order chi connectivity index (χ1) is 20.8. The lowest BCUT2D eigenvalue weighted by atomic mass is 10.1. The Morgan fingerprint density at radius 3 is 2.68 bits per heavy atom. The number of aryl methyl sites for hydroxylation is 1. The van der Waals surface area contributed by atoms with Gasteiger partial charge in [-0.25, -0.2) is 23.2 Å². The number of aromatic nitrogens is 3. The van der Waals surface area contributed by atoms with E-state index in [9.17, 15) is 18.5 Å². The van der Waals surface area contributed by atoms with Crippen molar-refractivity contribution >= 4 is 49.5 Å². The molecule has 5 rings (SSSR count). The van der Waals surface area contributed by atoms with E-state index in [1.807, 2.05) is 57.4 Å². The first-order valence-electron chi connectivity index (χ1n) is 14.3. The molecule has 0 radical (unpaired) electrons. The minimum atomic E-state index is -3.66. The van der Waals surface area contributed by atoms with Crippen LogP contribution in [0.2, 0.25) is 0 Å². The molecular weight excluding hydrogens is 603 g/mol. The smallest absolute Gasteiger partial charge is 0.410 e. The lowest BCUT2D eigenvalue weighted by Crippen LogP contribution is -2.39. The summed E-state index contributed by atoms with van der Waals surface area (Å²) in [7, 11) is -3.66. The number of rotatable bonds is 8. The lowest BCUT2D eigenvalue weighted by molar-refractivity contribution is 0.0273. The first-order valence-corrected chi connectivity index (χ1v) is 16.5. The molecule has 0 fully saturated rings. The lowest BCUT2D eigenvalue weighted by Gasteiger charge is -2.30. The van der Waals surface area contributed by atoms with E-state index in [0.29, 0.717) is 71.6 Å².